The molecule has 2 unspecified atom stereocenters. The molecular weight excluding hydrogens is 331 g/mol. The van der Waals surface area contributed by atoms with Crippen molar-refractivity contribution in [3.63, 3.8) is 0 Å². The van der Waals surface area contributed by atoms with Crippen molar-refractivity contribution in [3.8, 4) is 11.5 Å². The normalized spacial score (nSPS) is 13.6. The molecule has 4 heteroatoms. The molecule has 0 saturated carbocycles. The van der Waals surface area contributed by atoms with Gasteiger partial charge in [0.25, 0.3) is 0 Å². The summed E-state index contributed by atoms with van der Waals surface area (Å²) in [5.41, 5.74) is 1.94. The van der Waals surface area contributed by atoms with E-state index in [4.69, 9.17) is 9.47 Å². The minimum absolute atomic E-state index is 0.111. The van der Waals surface area contributed by atoms with Crippen LogP contribution in [0, 0.1) is 0 Å². The smallest absolute Gasteiger partial charge is 0.160 e. The molecule has 3 nitrogen and oxygen atoms in total. The predicted molar refractivity (Wildman–Crippen MR) is 106 cm³/mol. The first-order chi connectivity index (χ1) is 11.9. The number of hydrogen-bond donors (Lipinski definition) is 0. The van der Waals surface area contributed by atoms with Crippen LogP contribution in [-0.2, 0) is 5.16 Å². The number of benzene rings is 2. The van der Waals surface area contributed by atoms with E-state index in [2.05, 4.69) is 26.0 Å². The summed E-state index contributed by atoms with van der Waals surface area (Å²) in [6, 6.07) is 13.9. The number of ketones is 1. The van der Waals surface area contributed by atoms with Gasteiger partial charge in [-0.25, -0.2) is 0 Å². The Hall–Kier alpha value is -1.86. The Morgan fingerprint density at radius 2 is 1.84 bits per heavy atom. The lowest BCUT2D eigenvalue weighted by molar-refractivity contribution is 0.101. The van der Waals surface area contributed by atoms with Gasteiger partial charge in [-0.1, -0.05) is 53.1 Å². The molecule has 134 valence electrons. The van der Waals surface area contributed by atoms with Crippen molar-refractivity contribution in [2.24, 2.45) is 0 Å². The SMILES string of the molecule is CCCC(C)(Pc1ccccc1C(C)=O)c1cc(OC)ccc1OC. The molecule has 0 saturated heterocycles. The lowest BCUT2D eigenvalue weighted by Gasteiger charge is -2.32. The van der Waals surface area contributed by atoms with Gasteiger partial charge in [-0.2, -0.15) is 0 Å². The van der Waals surface area contributed by atoms with Gasteiger partial charge >= 0.3 is 0 Å². The van der Waals surface area contributed by atoms with Gasteiger partial charge in [-0.3, -0.25) is 4.79 Å². The second-order valence-electron chi connectivity index (χ2n) is 6.38. The number of ether oxygens (including phenoxy) is 2. The summed E-state index contributed by atoms with van der Waals surface area (Å²) in [6.07, 6.45) is 2.05. The van der Waals surface area contributed by atoms with E-state index < -0.39 is 0 Å². The number of hydrogen-bond acceptors (Lipinski definition) is 3. The molecule has 0 N–H and O–H groups in total. The van der Waals surface area contributed by atoms with Crippen molar-refractivity contribution < 1.29 is 14.3 Å². The fraction of sp³-hybridized carbons (Fsp3) is 0.381. The zero-order chi connectivity index (χ0) is 18.4. The van der Waals surface area contributed by atoms with Crippen LogP contribution in [0.3, 0.4) is 0 Å². The van der Waals surface area contributed by atoms with Gasteiger partial charge in [0, 0.05) is 16.3 Å². The van der Waals surface area contributed by atoms with E-state index in [1.807, 2.05) is 30.3 Å². The first-order valence-electron chi connectivity index (χ1n) is 8.55. The summed E-state index contributed by atoms with van der Waals surface area (Å²) in [5, 5.41) is 0.982. The van der Waals surface area contributed by atoms with Crippen LogP contribution in [0.2, 0.25) is 0 Å². The molecule has 0 amide bonds. The Balaban J connectivity index is 2.54. The van der Waals surface area contributed by atoms with Crippen molar-refractivity contribution in [2.75, 3.05) is 14.2 Å². The minimum atomic E-state index is -0.125. The molecule has 2 atom stereocenters. The van der Waals surface area contributed by atoms with Gasteiger partial charge < -0.3 is 9.47 Å². The van der Waals surface area contributed by atoms with E-state index in [1.165, 1.54) is 0 Å². The Kier molecular flexibility index (Phi) is 6.61. The number of rotatable bonds is 8. The predicted octanol–water partition coefficient (Wildman–Crippen LogP) is 4.93. The van der Waals surface area contributed by atoms with Gasteiger partial charge in [0.1, 0.15) is 11.5 Å². The van der Waals surface area contributed by atoms with E-state index in [-0.39, 0.29) is 10.9 Å². The van der Waals surface area contributed by atoms with Crippen LogP contribution in [0.25, 0.3) is 0 Å². The van der Waals surface area contributed by atoms with Crippen molar-refractivity contribution in [3.05, 3.63) is 53.6 Å². The van der Waals surface area contributed by atoms with Crippen LogP contribution < -0.4 is 14.8 Å². The van der Waals surface area contributed by atoms with Crippen LogP contribution in [0.15, 0.2) is 42.5 Å². The average molecular weight is 358 g/mol. The number of methoxy groups -OCH3 is 2. The van der Waals surface area contributed by atoms with Crippen LogP contribution in [0.4, 0.5) is 0 Å². The van der Waals surface area contributed by atoms with Gasteiger partial charge in [0.15, 0.2) is 5.78 Å². The van der Waals surface area contributed by atoms with E-state index in [9.17, 15) is 4.79 Å². The molecule has 0 aliphatic carbocycles. The molecule has 2 aromatic rings. The maximum absolute atomic E-state index is 12.0. The van der Waals surface area contributed by atoms with Gasteiger partial charge in [-0.15, -0.1) is 0 Å². The van der Waals surface area contributed by atoms with Gasteiger partial charge in [0.05, 0.1) is 14.2 Å². The van der Waals surface area contributed by atoms with E-state index in [0.29, 0.717) is 8.58 Å². The van der Waals surface area contributed by atoms with Gasteiger partial charge in [0.2, 0.25) is 0 Å². The maximum atomic E-state index is 12.0. The first kappa shape index (κ1) is 19.5. The summed E-state index contributed by atoms with van der Waals surface area (Å²) in [7, 11) is 3.84. The highest BCUT2D eigenvalue weighted by Gasteiger charge is 2.31. The molecule has 25 heavy (non-hydrogen) atoms. The molecule has 0 spiro atoms. The fourth-order valence-electron chi connectivity index (χ4n) is 3.21. The second kappa shape index (κ2) is 8.49. The molecule has 0 aliphatic rings. The van der Waals surface area contributed by atoms with Crippen LogP contribution in [0.1, 0.15) is 49.5 Å². The van der Waals surface area contributed by atoms with E-state index in [1.54, 1.807) is 21.1 Å². The molecule has 0 aromatic heterocycles. The summed E-state index contributed by atoms with van der Waals surface area (Å²) in [4.78, 5) is 12.0. The highest BCUT2D eigenvalue weighted by atomic mass is 31.1. The standard InChI is InChI=1S/C21H27O3P/c1-6-13-21(3,18-14-16(23-4)11-12-19(18)24-5)25-20-10-8-7-9-17(20)15(2)22/h7-12,14,25H,6,13H2,1-5H3. The number of Topliss-reactive ketones (excluding diaryl/α,β-unsaturated/α-hetero) is 1. The minimum Gasteiger partial charge on any atom is -0.497 e. The molecule has 0 fully saturated rings. The van der Waals surface area contributed by atoms with E-state index in [0.717, 1.165) is 40.8 Å². The second-order valence-corrected chi connectivity index (χ2v) is 8.27. The first-order valence-corrected chi connectivity index (χ1v) is 9.55. The molecular formula is C21H27O3P. The molecule has 0 heterocycles. The van der Waals surface area contributed by atoms with Gasteiger partial charge in [-0.05, 0) is 36.8 Å². The lowest BCUT2D eigenvalue weighted by Crippen LogP contribution is -2.22. The highest BCUT2D eigenvalue weighted by molar-refractivity contribution is 7.48. The van der Waals surface area contributed by atoms with Crippen LogP contribution in [0.5, 0.6) is 11.5 Å². The van der Waals surface area contributed by atoms with Crippen molar-refractivity contribution in [1.82, 2.24) is 0 Å². The van der Waals surface area contributed by atoms with Crippen molar-refractivity contribution in [1.29, 1.82) is 0 Å². The third-order valence-electron chi connectivity index (χ3n) is 4.47. The zero-order valence-corrected chi connectivity index (χ0v) is 16.7. The quantitative estimate of drug-likeness (QED) is 0.496. The highest BCUT2D eigenvalue weighted by Crippen LogP contribution is 2.49. The van der Waals surface area contributed by atoms with Crippen LogP contribution >= 0.6 is 8.58 Å². The molecule has 2 aromatic carbocycles. The molecule has 0 radical (unpaired) electrons. The van der Waals surface area contributed by atoms with Crippen molar-refractivity contribution >= 4 is 19.7 Å². The largest absolute Gasteiger partial charge is 0.497 e. The summed E-state index contributed by atoms with van der Waals surface area (Å²) < 4.78 is 11.1. The summed E-state index contributed by atoms with van der Waals surface area (Å²) in [5.74, 6) is 1.80. The molecule has 2 rings (SSSR count). The van der Waals surface area contributed by atoms with E-state index >= 15 is 0 Å². The Morgan fingerprint density at radius 1 is 1.12 bits per heavy atom. The zero-order valence-electron chi connectivity index (χ0n) is 15.7. The lowest BCUT2D eigenvalue weighted by atomic mass is 9.94. The third kappa shape index (κ3) is 4.41. The number of carbonyl (C=O) groups excluding carboxylic acids is 1. The fourth-order valence-corrected chi connectivity index (χ4v) is 5.08. The molecule has 0 aliphatic heterocycles. The molecule has 0 bridgehead atoms. The average Bonchev–Trinajstić information content (AvgIpc) is 2.61. The summed E-state index contributed by atoms with van der Waals surface area (Å²) in [6.45, 7) is 6.07. The Labute approximate surface area is 152 Å². The Bertz CT molecular complexity index is 742. The topological polar surface area (TPSA) is 35.5 Å². The maximum Gasteiger partial charge on any atom is 0.160 e. The number of carbonyl (C=O) groups is 1. The monoisotopic (exact) mass is 358 g/mol. The van der Waals surface area contributed by atoms with Crippen molar-refractivity contribution in [2.45, 2.75) is 38.8 Å². The Morgan fingerprint density at radius 3 is 2.44 bits per heavy atom. The van der Waals surface area contributed by atoms with Crippen LogP contribution in [-0.4, -0.2) is 20.0 Å². The summed E-state index contributed by atoms with van der Waals surface area (Å²) >= 11 is 0. The third-order valence-corrected chi connectivity index (χ3v) is 6.24.